The van der Waals surface area contributed by atoms with Crippen molar-refractivity contribution in [1.29, 1.82) is 0 Å². The molecule has 1 amide bonds. The van der Waals surface area contributed by atoms with E-state index in [1.54, 1.807) is 17.0 Å². The highest BCUT2D eigenvalue weighted by molar-refractivity contribution is 6.31. The highest BCUT2D eigenvalue weighted by Crippen LogP contribution is 2.40. The Labute approximate surface area is 127 Å². The highest BCUT2D eigenvalue weighted by atomic mass is 35.5. The van der Waals surface area contributed by atoms with E-state index in [9.17, 15) is 9.90 Å². The van der Waals surface area contributed by atoms with E-state index in [2.05, 4.69) is 4.98 Å². The lowest BCUT2D eigenvalue weighted by Gasteiger charge is -2.36. The van der Waals surface area contributed by atoms with Gasteiger partial charge in [-0.2, -0.15) is 0 Å². The number of amides is 1. The molecule has 5 heteroatoms. The zero-order valence-electron chi connectivity index (χ0n) is 11.4. The van der Waals surface area contributed by atoms with Crippen molar-refractivity contribution < 1.29 is 9.90 Å². The number of carbonyl (C=O) groups is 1. The number of likely N-dealkylation sites (tertiary alicyclic amines) is 1. The van der Waals surface area contributed by atoms with Crippen molar-refractivity contribution >= 4 is 28.4 Å². The molecule has 0 bridgehead atoms. The van der Waals surface area contributed by atoms with Crippen molar-refractivity contribution in [3.63, 3.8) is 0 Å². The lowest BCUT2D eigenvalue weighted by Crippen LogP contribution is -2.53. The van der Waals surface area contributed by atoms with Crippen LogP contribution >= 0.6 is 11.6 Å². The fourth-order valence-corrected chi connectivity index (χ4v) is 2.95. The van der Waals surface area contributed by atoms with Gasteiger partial charge in [0, 0.05) is 35.1 Å². The van der Waals surface area contributed by atoms with Crippen LogP contribution in [0.1, 0.15) is 34.8 Å². The molecule has 1 aromatic heterocycles. The number of pyridine rings is 1. The first kappa shape index (κ1) is 13.0. The number of rotatable bonds is 2. The SMILES string of the molecule is O=C(c1cc(C2CC2)nc2ccc(Cl)cc12)N1CC(O)C1. The lowest BCUT2D eigenvalue weighted by molar-refractivity contribution is 0.00602. The van der Waals surface area contributed by atoms with Crippen molar-refractivity contribution in [3.05, 3.63) is 40.5 Å². The molecule has 0 radical (unpaired) electrons. The van der Waals surface area contributed by atoms with E-state index in [1.807, 2.05) is 12.1 Å². The Hall–Kier alpha value is -1.65. The first-order valence-electron chi connectivity index (χ1n) is 7.19. The number of aromatic nitrogens is 1. The van der Waals surface area contributed by atoms with E-state index in [4.69, 9.17) is 11.6 Å². The summed E-state index contributed by atoms with van der Waals surface area (Å²) in [4.78, 5) is 19.0. The summed E-state index contributed by atoms with van der Waals surface area (Å²) in [5.41, 5.74) is 2.46. The molecule has 1 aliphatic carbocycles. The number of hydrogen-bond donors (Lipinski definition) is 1. The average molecular weight is 303 g/mol. The van der Waals surface area contributed by atoms with Crippen molar-refractivity contribution in [2.45, 2.75) is 24.9 Å². The number of halogens is 1. The Kier molecular flexibility index (Phi) is 2.91. The van der Waals surface area contributed by atoms with E-state index in [0.29, 0.717) is 29.6 Å². The van der Waals surface area contributed by atoms with Crippen molar-refractivity contribution in [2.75, 3.05) is 13.1 Å². The molecule has 1 N–H and O–H groups in total. The summed E-state index contributed by atoms with van der Waals surface area (Å²) in [5, 5.41) is 10.8. The molecule has 1 aliphatic heterocycles. The van der Waals surface area contributed by atoms with Crippen LogP contribution in [0, 0.1) is 0 Å². The zero-order chi connectivity index (χ0) is 14.6. The van der Waals surface area contributed by atoms with Gasteiger partial charge in [0.1, 0.15) is 0 Å². The summed E-state index contributed by atoms with van der Waals surface area (Å²) in [6.07, 6.45) is 1.89. The third-order valence-corrected chi connectivity index (χ3v) is 4.40. The van der Waals surface area contributed by atoms with Crippen LogP contribution in [0.4, 0.5) is 0 Å². The van der Waals surface area contributed by atoms with Crippen molar-refractivity contribution in [3.8, 4) is 0 Å². The number of aliphatic hydroxyl groups is 1. The number of β-amino-alcohol motifs (C(OH)–C–C–N with tert-alkyl or cyclic N) is 1. The van der Waals surface area contributed by atoms with E-state index in [1.165, 1.54) is 0 Å². The molecule has 0 unspecified atom stereocenters. The summed E-state index contributed by atoms with van der Waals surface area (Å²) in [6.45, 7) is 0.809. The molecule has 2 heterocycles. The quantitative estimate of drug-likeness (QED) is 0.927. The maximum Gasteiger partial charge on any atom is 0.254 e. The molecular formula is C16H15ClN2O2. The van der Waals surface area contributed by atoms with Gasteiger partial charge in [0.15, 0.2) is 0 Å². The summed E-state index contributed by atoms with van der Waals surface area (Å²) < 4.78 is 0. The van der Waals surface area contributed by atoms with Crippen LogP contribution in [0.3, 0.4) is 0 Å². The maximum atomic E-state index is 12.6. The fraction of sp³-hybridized carbons (Fsp3) is 0.375. The van der Waals surface area contributed by atoms with E-state index in [-0.39, 0.29) is 5.91 Å². The van der Waals surface area contributed by atoms with Crippen molar-refractivity contribution in [1.82, 2.24) is 9.88 Å². The minimum atomic E-state index is -0.395. The summed E-state index contributed by atoms with van der Waals surface area (Å²) >= 11 is 6.07. The topological polar surface area (TPSA) is 53.4 Å². The molecule has 108 valence electrons. The van der Waals surface area contributed by atoms with Gasteiger partial charge in [-0.3, -0.25) is 9.78 Å². The number of fused-ring (bicyclic) bond motifs is 1. The molecule has 2 aliphatic rings. The van der Waals surface area contributed by atoms with Crippen LogP contribution in [0.15, 0.2) is 24.3 Å². The third-order valence-electron chi connectivity index (χ3n) is 4.17. The minimum Gasteiger partial charge on any atom is -0.389 e. The molecule has 1 saturated heterocycles. The van der Waals surface area contributed by atoms with Crippen LogP contribution < -0.4 is 0 Å². The van der Waals surface area contributed by atoms with Gasteiger partial charge >= 0.3 is 0 Å². The Morgan fingerprint density at radius 3 is 2.71 bits per heavy atom. The summed E-state index contributed by atoms with van der Waals surface area (Å²) in [7, 11) is 0. The second kappa shape index (κ2) is 4.68. The van der Waals surface area contributed by atoms with Gasteiger partial charge in [0.25, 0.3) is 5.91 Å². The van der Waals surface area contributed by atoms with Gasteiger partial charge in [0.05, 0.1) is 17.2 Å². The molecule has 2 aromatic rings. The molecule has 21 heavy (non-hydrogen) atoms. The monoisotopic (exact) mass is 302 g/mol. The number of carbonyl (C=O) groups excluding carboxylic acids is 1. The molecule has 0 atom stereocenters. The third kappa shape index (κ3) is 2.28. The number of benzene rings is 1. The molecule has 1 saturated carbocycles. The molecule has 1 aromatic carbocycles. The van der Waals surface area contributed by atoms with Gasteiger partial charge in [-0.1, -0.05) is 11.6 Å². The minimum absolute atomic E-state index is 0.0446. The normalized spacial score (nSPS) is 18.9. The maximum absolute atomic E-state index is 12.6. The largest absolute Gasteiger partial charge is 0.389 e. The van der Waals surface area contributed by atoms with Crippen LogP contribution in [0.5, 0.6) is 0 Å². The summed E-state index contributed by atoms with van der Waals surface area (Å²) in [6, 6.07) is 7.37. The Bertz CT molecular complexity index is 736. The van der Waals surface area contributed by atoms with E-state index >= 15 is 0 Å². The molecule has 4 rings (SSSR count). The van der Waals surface area contributed by atoms with Gasteiger partial charge < -0.3 is 10.0 Å². The Morgan fingerprint density at radius 2 is 2.05 bits per heavy atom. The number of nitrogens with zero attached hydrogens (tertiary/aromatic N) is 2. The molecule has 2 fully saturated rings. The van der Waals surface area contributed by atoms with Gasteiger partial charge in [0.2, 0.25) is 0 Å². The predicted molar refractivity (Wildman–Crippen MR) is 80.6 cm³/mol. The second-order valence-electron chi connectivity index (χ2n) is 5.89. The smallest absolute Gasteiger partial charge is 0.254 e. The van der Waals surface area contributed by atoms with Gasteiger partial charge in [-0.15, -0.1) is 0 Å². The van der Waals surface area contributed by atoms with Crippen LogP contribution in [-0.4, -0.2) is 40.1 Å². The average Bonchev–Trinajstić information content (AvgIpc) is 3.26. The van der Waals surface area contributed by atoms with E-state index in [0.717, 1.165) is 29.4 Å². The van der Waals surface area contributed by atoms with Crippen LogP contribution in [-0.2, 0) is 0 Å². The lowest BCUT2D eigenvalue weighted by atomic mass is 10.0. The zero-order valence-corrected chi connectivity index (χ0v) is 12.2. The first-order chi connectivity index (χ1) is 10.1. The van der Waals surface area contributed by atoms with E-state index < -0.39 is 6.10 Å². The Morgan fingerprint density at radius 1 is 1.29 bits per heavy atom. The van der Waals surface area contributed by atoms with Crippen molar-refractivity contribution in [2.24, 2.45) is 0 Å². The van der Waals surface area contributed by atoms with Crippen LogP contribution in [0.25, 0.3) is 10.9 Å². The van der Waals surface area contributed by atoms with Gasteiger partial charge in [-0.05, 0) is 37.1 Å². The summed E-state index contributed by atoms with van der Waals surface area (Å²) in [5.74, 6) is 0.440. The van der Waals surface area contributed by atoms with Crippen LogP contribution in [0.2, 0.25) is 5.02 Å². The second-order valence-corrected chi connectivity index (χ2v) is 6.33. The predicted octanol–water partition coefficient (Wildman–Crippen LogP) is 2.58. The first-order valence-corrected chi connectivity index (χ1v) is 7.57. The highest BCUT2D eigenvalue weighted by Gasteiger charge is 2.32. The number of hydrogen-bond acceptors (Lipinski definition) is 3. The fourth-order valence-electron chi connectivity index (χ4n) is 2.78. The van der Waals surface area contributed by atoms with Gasteiger partial charge in [-0.25, -0.2) is 0 Å². The Balaban J connectivity index is 1.84. The molecule has 4 nitrogen and oxygen atoms in total. The number of aliphatic hydroxyl groups excluding tert-OH is 1. The molecular weight excluding hydrogens is 288 g/mol. The molecule has 0 spiro atoms. The standard InChI is InChI=1S/C16H15ClN2O2/c17-10-3-4-14-12(5-10)13(6-15(18-14)9-1-2-9)16(21)19-7-11(20)8-19/h3-6,9,11,20H,1-2,7-8H2.